The van der Waals surface area contributed by atoms with Crippen LogP contribution in [0.4, 0.5) is 0 Å². The molecule has 0 amide bonds. The van der Waals surface area contributed by atoms with Gasteiger partial charge in [0.15, 0.2) is 5.78 Å². The molecule has 3 aromatic carbocycles. The summed E-state index contributed by atoms with van der Waals surface area (Å²) in [7, 11) is 0. The number of benzene rings is 3. The molecule has 152 valence electrons. The smallest absolute Gasteiger partial charge is 0.163 e. The summed E-state index contributed by atoms with van der Waals surface area (Å²) in [4.78, 5) is 13.8. The third-order valence-corrected chi connectivity index (χ3v) is 5.63. The molecule has 0 aromatic heterocycles. The molecule has 0 saturated carbocycles. The highest BCUT2D eigenvalue weighted by Gasteiger charge is 2.16. The zero-order valence-corrected chi connectivity index (χ0v) is 17.8. The van der Waals surface area contributed by atoms with Crippen molar-refractivity contribution in [1.82, 2.24) is 0 Å². The number of phenolic OH excluding ortho intramolecular Hbond substituents is 1. The van der Waals surface area contributed by atoms with E-state index < -0.39 is 0 Å². The molecule has 1 N–H and O–H groups in total. The van der Waals surface area contributed by atoms with Crippen molar-refractivity contribution in [3.63, 3.8) is 0 Å². The van der Waals surface area contributed by atoms with E-state index in [1.165, 1.54) is 6.92 Å². The number of nitrogens with zero attached hydrogens (tertiary/aromatic N) is 1. The van der Waals surface area contributed by atoms with Crippen molar-refractivity contribution in [3.05, 3.63) is 82.9 Å². The molecule has 0 spiro atoms. The second-order valence-corrected chi connectivity index (χ2v) is 8.07. The standard InChI is InChI=1S/C25H23NO3S/c1-3-5-23-24(13-12-22(17(2)27)25(23)28)29-16-19-6-4-7-21(14-19)30-20-10-8-18(15-26)9-11-20/h4,6-14,28H,3,5,16H2,1-2H3. The zero-order valence-electron chi connectivity index (χ0n) is 17.0. The highest BCUT2D eigenvalue weighted by atomic mass is 32.2. The molecule has 3 aromatic rings. The first-order valence-corrected chi connectivity index (χ1v) is 10.6. The predicted octanol–water partition coefficient (Wildman–Crippen LogP) is 6.15. The van der Waals surface area contributed by atoms with Crippen molar-refractivity contribution in [2.75, 3.05) is 0 Å². The van der Waals surface area contributed by atoms with Crippen LogP contribution in [0.25, 0.3) is 0 Å². The van der Waals surface area contributed by atoms with Crippen molar-refractivity contribution in [2.45, 2.75) is 43.1 Å². The summed E-state index contributed by atoms with van der Waals surface area (Å²) in [5, 5.41) is 19.4. The number of carbonyl (C=O) groups excluding carboxylic acids is 1. The Bertz CT molecular complexity index is 1080. The average Bonchev–Trinajstić information content (AvgIpc) is 2.75. The second-order valence-electron chi connectivity index (χ2n) is 6.92. The van der Waals surface area contributed by atoms with Crippen LogP contribution in [0.2, 0.25) is 0 Å². The Kier molecular flexibility index (Phi) is 7.16. The minimum atomic E-state index is -0.163. The molecule has 0 saturated heterocycles. The van der Waals surface area contributed by atoms with Crippen LogP contribution in [0, 0.1) is 11.3 Å². The number of aromatic hydroxyl groups is 1. The second kappa shape index (κ2) is 10.00. The monoisotopic (exact) mass is 417 g/mol. The van der Waals surface area contributed by atoms with E-state index in [1.807, 2.05) is 49.4 Å². The fraction of sp³-hybridized carbons (Fsp3) is 0.200. The summed E-state index contributed by atoms with van der Waals surface area (Å²) >= 11 is 1.62. The lowest BCUT2D eigenvalue weighted by Gasteiger charge is -2.15. The molecule has 0 fully saturated rings. The fourth-order valence-electron chi connectivity index (χ4n) is 3.12. The lowest BCUT2D eigenvalue weighted by Crippen LogP contribution is -2.02. The van der Waals surface area contributed by atoms with Crippen LogP contribution >= 0.6 is 11.8 Å². The van der Waals surface area contributed by atoms with E-state index in [1.54, 1.807) is 23.9 Å². The molecule has 0 radical (unpaired) electrons. The van der Waals surface area contributed by atoms with E-state index in [0.29, 0.717) is 35.5 Å². The molecule has 0 aliphatic rings. The van der Waals surface area contributed by atoms with Gasteiger partial charge in [-0.25, -0.2) is 0 Å². The molecule has 30 heavy (non-hydrogen) atoms. The van der Waals surface area contributed by atoms with Crippen molar-refractivity contribution in [2.24, 2.45) is 0 Å². The van der Waals surface area contributed by atoms with Crippen LogP contribution < -0.4 is 4.74 Å². The van der Waals surface area contributed by atoms with Gasteiger partial charge in [-0.3, -0.25) is 4.79 Å². The van der Waals surface area contributed by atoms with E-state index in [0.717, 1.165) is 21.8 Å². The summed E-state index contributed by atoms with van der Waals surface area (Å²) in [6.07, 6.45) is 1.47. The quantitative estimate of drug-likeness (QED) is 0.445. The number of phenols is 1. The third-order valence-electron chi connectivity index (χ3n) is 4.63. The van der Waals surface area contributed by atoms with Crippen molar-refractivity contribution in [1.29, 1.82) is 5.26 Å². The van der Waals surface area contributed by atoms with Gasteiger partial charge in [0.05, 0.1) is 17.2 Å². The first kappa shape index (κ1) is 21.5. The number of hydrogen-bond donors (Lipinski definition) is 1. The number of nitriles is 1. The van der Waals surface area contributed by atoms with Gasteiger partial charge in [0.2, 0.25) is 0 Å². The molecule has 4 nitrogen and oxygen atoms in total. The van der Waals surface area contributed by atoms with Gasteiger partial charge in [0, 0.05) is 15.4 Å². The van der Waals surface area contributed by atoms with Crippen molar-refractivity contribution >= 4 is 17.5 Å². The minimum Gasteiger partial charge on any atom is -0.507 e. The zero-order chi connectivity index (χ0) is 21.5. The summed E-state index contributed by atoms with van der Waals surface area (Å²) in [5.41, 5.74) is 2.65. The Labute approximate surface area is 181 Å². The van der Waals surface area contributed by atoms with Crippen LogP contribution in [0.3, 0.4) is 0 Å². The van der Waals surface area contributed by atoms with Crippen LogP contribution in [-0.2, 0) is 13.0 Å². The number of ether oxygens (including phenoxy) is 1. The molecular weight excluding hydrogens is 394 g/mol. The largest absolute Gasteiger partial charge is 0.507 e. The van der Waals surface area contributed by atoms with Gasteiger partial charge in [-0.1, -0.05) is 37.2 Å². The molecule has 0 aliphatic heterocycles. The molecule has 5 heteroatoms. The van der Waals surface area contributed by atoms with E-state index in [2.05, 4.69) is 12.1 Å². The topological polar surface area (TPSA) is 70.3 Å². The van der Waals surface area contributed by atoms with Crippen LogP contribution in [0.1, 0.15) is 47.3 Å². The first-order chi connectivity index (χ1) is 14.5. The number of ketones is 1. The van der Waals surface area contributed by atoms with Gasteiger partial charge < -0.3 is 9.84 Å². The van der Waals surface area contributed by atoms with Crippen LogP contribution in [0.15, 0.2) is 70.5 Å². The van der Waals surface area contributed by atoms with Crippen molar-refractivity contribution in [3.8, 4) is 17.6 Å². The average molecular weight is 418 g/mol. The molecule has 3 rings (SSSR count). The molecule has 0 bridgehead atoms. The van der Waals surface area contributed by atoms with E-state index >= 15 is 0 Å². The lowest BCUT2D eigenvalue weighted by molar-refractivity contribution is 0.101. The normalized spacial score (nSPS) is 10.4. The number of Topliss-reactive ketones (excluding diaryl/α,β-unsaturated/α-hetero) is 1. The fourth-order valence-corrected chi connectivity index (χ4v) is 4.02. The summed E-state index contributed by atoms with van der Waals surface area (Å²) in [5.74, 6) is 0.459. The first-order valence-electron chi connectivity index (χ1n) is 9.77. The van der Waals surface area contributed by atoms with Crippen LogP contribution in [0.5, 0.6) is 11.5 Å². The lowest BCUT2D eigenvalue weighted by atomic mass is 10.0. The molecular formula is C25H23NO3S. The van der Waals surface area contributed by atoms with Gasteiger partial charge in [-0.2, -0.15) is 5.26 Å². The molecule has 0 atom stereocenters. The molecule has 0 unspecified atom stereocenters. The summed E-state index contributed by atoms with van der Waals surface area (Å²) in [6.45, 7) is 3.83. The number of hydrogen-bond acceptors (Lipinski definition) is 5. The Morgan fingerprint density at radius 3 is 2.53 bits per heavy atom. The molecule has 0 aliphatic carbocycles. The Hall–Kier alpha value is -3.23. The van der Waals surface area contributed by atoms with Crippen molar-refractivity contribution < 1.29 is 14.6 Å². The Balaban J connectivity index is 1.74. The van der Waals surface area contributed by atoms with Gasteiger partial charge in [-0.05, 0) is 67.4 Å². The maximum atomic E-state index is 11.7. The summed E-state index contributed by atoms with van der Waals surface area (Å²) in [6, 6.07) is 21.0. The van der Waals surface area contributed by atoms with Gasteiger partial charge in [-0.15, -0.1) is 0 Å². The van der Waals surface area contributed by atoms with E-state index in [-0.39, 0.29) is 11.5 Å². The Morgan fingerprint density at radius 1 is 1.10 bits per heavy atom. The maximum absolute atomic E-state index is 11.7. The van der Waals surface area contributed by atoms with Gasteiger partial charge in [0.25, 0.3) is 0 Å². The highest BCUT2D eigenvalue weighted by molar-refractivity contribution is 7.99. The number of rotatable bonds is 8. The minimum absolute atomic E-state index is 0.0203. The third kappa shape index (κ3) is 5.22. The van der Waals surface area contributed by atoms with Crippen LogP contribution in [-0.4, -0.2) is 10.9 Å². The van der Waals surface area contributed by atoms with E-state index in [9.17, 15) is 9.90 Å². The van der Waals surface area contributed by atoms with Gasteiger partial charge >= 0.3 is 0 Å². The molecule has 0 heterocycles. The highest BCUT2D eigenvalue weighted by Crippen LogP contribution is 2.34. The summed E-state index contributed by atoms with van der Waals surface area (Å²) < 4.78 is 6.01. The maximum Gasteiger partial charge on any atom is 0.163 e. The predicted molar refractivity (Wildman–Crippen MR) is 118 cm³/mol. The van der Waals surface area contributed by atoms with E-state index in [4.69, 9.17) is 10.00 Å². The number of carbonyl (C=O) groups is 1. The Morgan fingerprint density at radius 2 is 1.87 bits per heavy atom. The SMILES string of the molecule is CCCc1c(OCc2cccc(Sc3ccc(C#N)cc3)c2)ccc(C(C)=O)c1O. The van der Waals surface area contributed by atoms with Gasteiger partial charge in [0.1, 0.15) is 18.1 Å².